The third-order valence-corrected chi connectivity index (χ3v) is 13.3. The summed E-state index contributed by atoms with van der Waals surface area (Å²) in [5.41, 5.74) is 13.4. The van der Waals surface area contributed by atoms with Crippen molar-refractivity contribution in [1.82, 2.24) is 0 Å². The van der Waals surface area contributed by atoms with Gasteiger partial charge in [0, 0.05) is 16.7 Å². The molecule has 0 aliphatic carbocycles. The minimum atomic E-state index is 0.503. The van der Waals surface area contributed by atoms with E-state index >= 15 is 0 Å². The molecule has 0 atom stereocenters. The highest BCUT2D eigenvalue weighted by Gasteiger charge is 2.42. The van der Waals surface area contributed by atoms with Gasteiger partial charge in [-0.05, 0) is 126 Å². The molecule has 9 nitrogen and oxygen atoms in total. The van der Waals surface area contributed by atoms with Crippen molar-refractivity contribution in [3.8, 4) is 86.1 Å². The molecule has 0 radical (unpaired) electrons. The molecule has 72 heavy (non-hydrogen) atoms. The average molecular weight is 925 g/mol. The number of ether oxygens (including phenoxy) is 3. The van der Waals surface area contributed by atoms with Crippen molar-refractivity contribution in [2.24, 2.45) is 0 Å². The average Bonchev–Trinajstić information content (AvgIpc) is 3.44. The zero-order valence-electron chi connectivity index (χ0n) is 38.2. The number of nitriles is 3. The highest BCUT2D eigenvalue weighted by Crippen LogP contribution is 2.67. The van der Waals surface area contributed by atoms with Crippen LogP contribution in [0.15, 0.2) is 218 Å². The Kier molecular flexibility index (Phi) is 9.78. The molecule has 0 aromatic heterocycles. The summed E-state index contributed by atoms with van der Waals surface area (Å²) in [6, 6.07) is 78.6. The Balaban J connectivity index is 1.35. The van der Waals surface area contributed by atoms with Crippen LogP contribution in [-0.4, -0.2) is 0 Å². The molecule has 0 spiro atoms. The Morgan fingerprint density at radius 1 is 0.250 bits per heavy atom. The van der Waals surface area contributed by atoms with Crippen LogP contribution in [0.1, 0.15) is 16.7 Å². The normalized spacial score (nSPS) is 12.4. The Morgan fingerprint density at radius 3 is 0.639 bits per heavy atom. The molecule has 3 aliphatic rings. The molecule has 0 amide bonds. The van der Waals surface area contributed by atoms with E-state index in [-0.39, 0.29) is 0 Å². The van der Waals surface area contributed by atoms with Crippen LogP contribution in [-0.2, 0) is 0 Å². The van der Waals surface area contributed by atoms with Gasteiger partial charge in [0.25, 0.3) is 0 Å². The highest BCUT2D eigenvalue weighted by atomic mass is 16.5. The van der Waals surface area contributed by atoms with Gasteiger partial charge in [0.2, 0.25) is 0 Å². The van der Waals surface area contributed by atoms with Crippen LogP contribution in [0.5, 0.6) is 34.5 Å². The Morgan fingerprint density at radius 2 is 0.444 bits per heavy atom. The van der Waals surface area contributed by atoms with Gasteiger partial charge in [-0.1, -0.05) is 109 Å². The van der Waals surface area contributed by atoms with Gasteiger partial charge < -0.3 is 28.9 Å². The standard InChI is InChI=1S/C63H36N6O3/c64-37-40-25-31-43(32-26-40)58-61(67-46-13-1-7-19-52(46)70-53-20-8-2-14-47(53)67)59(44-33-27-41(38-65)28-34-44)63(69-50-17-5-11-23-56(50)72-57-24-12-6-18-51(57)69)60(45-35-29-42(39-66)30-36-45)62(58)68-48-15-3-9-21-54(48)71-55-22-10-4-16-49(55)68/h1-36H. The molecule has 0 saturated carbocycles. The number of fused-ring (bicyclic) bond motifs is 6. The Hall–Kier alpha value is -10.5. The van der Waals surface area contributed by atoms with E-state index in [2.05, 4.69) is 69.3 Å². The molecular weight excluding hydrogens is 889 g/mol. The lowest BCUT2D eigenvalue weighted by atomic mass is 9.83. The molecule has 9 heteroatoms. The predicted molar refractivity (Wildman–Crippen MR) is 281 cm³/mol. The summed E-state index contributed by atoms with van der Waals surface area (Å²) < 4.78 is 20.3. The topological polar surface area (TPSA) is 109 Å². The predicted octanol–water partition coefficient (Wildman–Crippen LogP) is 17.0. The van der Waals surface area contributed by atoms with E-state index in [1.807, 2.05) is 182 Å². The molecule has 10 aromatic carbocycles. The minimum absolute atomic E-state index is 0.503. The zero-order chi connectivity index (χ0) is 48.3. The molecule has 3 aliphatic heterocycles. The number of para-hydroxylation sites is 12. The second-order valence-electron chi connectivity index (χ2n) is 17.4. The van der Waals surface area contributed by atoms with Gasteiger partial charge in [0.05, 0.1) is 86.1 Å². The second kappa shape index (κ2) is 16.9. The zero-order valence-corrected chi connectivity index (χ0v) is 38.2. The number of hydrogen-bond acceptors (Lipinski definition) is 9. The molecule has 0 bridgehead atoms. The van der Waals surface area contributed by atoms with Crippen molar-refractivity contribution >= 4 is 51.2 Å². The van der Waals surface area contributed by atoms with Crippen LogP contribution in [0.4, 0.5) is 51.2 Å². The van der Waals surface area contributed by atoms with Gasteiger partial charge in [-0.3, -0.25) is 0 Å². The fourth-order valence-corrected chi connectivity index (χ4v) is 10.2. The molecule has 3 heterocycles. The maximum atomic E-state index is 10.3. The highest BCUT2D eigenvalue weighted by molar-refractivity contribution is 6.19. The van der Waals surface area contributed by atoms with Gasteiger partial charge in [-0.2, -0.15) is 15.8 Å². The quantitative estimate of drug-likeness (QED) is 0.161. The maximum absolute atomic E-state index is 10.3. The lowest BCUT2D eigenvalue weighted by Gasteiger charge is -2.43. The van der Waals surface area contributed by atoms with E-state index in [0.29, 0.717) is 51.2 Å². The first-order valence-corrected chi connectivity index (χ1v) is 23.3. The first kappa shape index (κ1) is 41.6. The molecular formula is C63H36N6O3. The van der Waals surface area contributed by atoms with Crippen LogP contribution in [0.2, 0.25) is 0 Å². The summed E-state index contributed by atoms with van der Waals surface area (Å²) in [5.74, 6) is 3.90. The third-order valence-electron chi connectivity index (χ3n) is 13.3. The molecule has 0 unspecified atom stereocenters. The fourth-order valence-electron chi connectivity index (χ4n) is 10.2. The van der Waals surface area contributed by atoms with Gasteiger partial charge in [0.1, 0.15) is 0 Å². The summed E-state index contributed by atoms with van der Waals surface area (Å²) in [7, 11) is 0. The third kappa shape index (κ3) is 6.60. The number of rotatable bonds is 6. The van der Waals surface area contributed by atoms with E-state index < -0.39 is 0 Å². The molecule has 0 N–H and O–H groups in total. The van der Waals surface area contributed by atoms with Crippen LogP contribution in [0.3, 0.4) is 0 Å². The number of hydrogen-bond donors (Lipinski definition) is 0. The monoisotopic (exact) mass is 924 g/mol. The van der Waals surface area contributed by atoms with Crippen molar-refractivity contribution in [2.75, 3.05) is 14.7 Å². The van der Waals surface area contributed by atoms with Gasteiger partial charge in [-0.25, -0.2) is 0 Å². The van der Waals surface area contributed by atoms with Crippen molar-refractivity contribution in [3.63, 3.8) is 0 Å². The summed E-state index contributed by atoms with van der Waals surface area (Å²) >= 11 is 0. The van der Waals surface area contributed by atoms with Crippen molar-refractivity contribution in [2.45, 2.75) is 0 Å². The largest absolute Gasteiger partial charge is 0.453 e. The van der Waals surface area contributed by atoms with Crippen LogP contribution in [0.25, 0.3) is 33.4 Å². The van der Waals surface area contributed by atoms with Crippen molar-refractivity contribution in [3.05, 3.63) is 235 Å². The SMILES string of the molecule is N#Cc1ccc(-c2c(N3c4ccccc4Oc4ccccc43)c(-c3ccc(C#N)cc3)c(N3c4ccccc4Oc4ccccc43)c(-c3ccc(C#N)cc3)c2N2c3ccccc3Oc3ccccc32)cc1. The summed E-state index contributed by atoms with van der Waals surface area (Å²) in [6.45, 7) is 0. The Labute approximate surface area is 415 Å². The van der Waals surface area contributed by atoms with Crippen LogP contribution in [0, 0.1) is 34.0 Å². The van der Waals surface area contributed by atoms with Gasteiger partial charge in [-0.15, -0.1) is 0 Å². The van der Waals surface area contributed by atoms with E-state index in [9.17, 15) is 15.8 Å². The number of nitrogens with zero attached hydrogens (tertiary/aromatic N) is 6. The van der Waals surface area contributed by atoms with Crippen molar-refractivity contribution in [1.29, 1.82) is 15.8 Å². The maximum Gasteiger partial charge on any atom is 0.151 e. The van der Waals surface area contributed by atoms with Crippen LogP contribution < -0.4 is 28.9 Å². The molecule has 336 valence electrons. The molecule has 0 fully saturated rings. The van der Waals surface area contributed by atoms with E-state index in [1.165, 1.54) is 0 Å². The summed E-state index contributed by atoms with van der Waals surface area (Å²) in [4.78, 5) is 6.88. The van der Waals surface area contributed by atoms with Gasteiger partial charge in [0.15, 0.2) is 34.5 Å². The van der Waals surface area contributed by atoms with Crippen LogP contribution >= 0.6 is 0 Å². The Bertz CT molecular complexity index is 3390. The lowest BCUT2D eigenvalue weighted by molar-refractivity contribution is 0.477. The van der Waals surface area contributed by atoms with Crippen molar-refractivity contribution < 1.29 is 14.2 Å². The molecule has 0 saturated heterocycles. The fraction of sp³-hybridized carbons (Fsp3) is 0. The summed E-state index contributed by atoms with van der Waals surface area (Å²) in [6.07, 6.45) is 0. The van der Waals surface area contributed by atoms with E-state index in [0.717, 1.165) is 84.6 Å². The molecule has 10 aromatic rings. The smallest absolute Gasteiger partial charge is 0.151 e. The first-order chi connectivity index (χ1) is 35.6. The first-order valence-electron chi connectivity index (χ1n) is 23.3. The van der Waals surface area contributed by atoms with E-state index in [1.54, 1.807) is 0 Å². The lowest BCUT2D eigenvalue weighted by Crippen LogP contribution is -2.24. The van der Waals surface area contributed by atoms with Gasteiger partial charge >= 0.3 is 0 Å². The number of anilines is 9. The summed E-state index contributed by atoms with van der Waals surface area (Å²) in [5, 5.41) is 30.9. The second-order valence-corrected chi connectivity index (χ2v) is 17.4. The minimum Gasteiger partial charge on any atom is -0.453 e. The van der Waals surface area contributed by atoms with E-state index in [4.69, 9.17) is 14.2 Å². The number of benzene rings is 10. The molecule has 13 rings (SSSR count).